The van der Waals surface area contributed by atoms with E-state index < -0.39 is 0 Å². The van der Waals surface area contributed by atoms with E-state index in [9.17, 15) is 9.59 Å². The Hall–Kier alpha value is -2.89. The van der Waals surface area contributed by atoms with Gasteiger partial charge in [0.05, 0.1) is 6.20 Å². The summed E-state index contributed by atoms with van der Waals surface area (Å²) in [5, 5.41) is 0. The smallest absolute Gasteiger partial charge is 0.272 e. The molecule has 2 atom stereocenters. The lowest BCUT2D eigenvalue weighted by atomic mass is 10.0. The van der Waals surface area contributed by atoms with Crippen LogP contribution in [0.2, 0.25) is 0 Å². The number of hydrogen-bond donors (Lipinski definition) is 1. The number of H-pyrrole nitrogens is 1. The van der Waals surface area contributed by atoms with Gasteiger partial charge in [-0.25, -0.2) is 4.98 Å². The van der Waals surface area contributed by atoms with Crippen LogP contribution in [0.5, 0.6) is 0 Å². The van der Waals surface area contributed by atoms with Gasteiger partial charge in [-0.2, -0.15) is 0 Å². The second kappa shape index (κ2) is 7.15. The molecule has 1 aromatic heterocycles. The van der Waals surface area contributed by atoms with Gasteiger partial charge in [0.15, 0.2) is 0 Å². The van der Waals surface area contributed by atoms with Crippen LogP contribution in [0.15, 0.2) is 37.0 Å². The van der Waals surface area contributed by atoms with Crippen LogP contribution in [0.4, 0.5) is 0 Å². The maximum absolute atomic E-state index is 12.9. The molecule has 1 aliphatic heterocycles. The summed E-state index contributed by atoms with van der Waals surface area (Å²) in [6.07, 6.45) is 3.31. The molecule has 1 N–H and O–H groups in total. The molecule has 0 aliphatic carbocycles. The molecule has 0 radical (unpaired) electrons. The fourth-order valence-electron chi connectivity index (χ4n) is 3.30. The van der Waals surface area contributed by atoms with E-state index in [2.05, 4.69) is 16.5 Å². The van der Waals surface area contributed by atoms with Crippen LogP contribution in [0.3, 0.4) is 0 Å². The number of piperazine rings is 1. The molecule has 6 heteroatoms. The van der Waals surface area contributed by atoms with Gasteiger partial charge in [0.2, 0.25) is 0 Å². The average molecular weight is 352 g/mol. The molecule has 0 bridgehead atoms. The highest BCUT2D eigenvalue weighted by Gasteiger charge is 2.35. The van der Waals surface area contributed by atoms with Crippen molar-refractivity contribution in [2.24, 2.45) is 0 Å². The highest BCUT2D eigenvalue weighted by molar-refractivity contribution is 5.95. The number of nitrogens with zero attached hydrogens (tertiary/aromatic N) is 3. The lowest BCUT2D eigenvalue weighted by Crippen LogP contribution is -2.59. The Kier molecular flexibility index (Phi) is 4.93. The number of benzene rings is 1. The number of hydrogen-bond acceptors (Lipinski definition) is 3. The van der Waals surface area contributed by atoms with Crippen molar-refractivity contribution in [3.05, 3.63) is 59.7 Å². The summed E-state index contributed by atoms with van der Waals surface area (Å²) in [7, 11) is 0. The number of imidazole rings is 1. The fraction of sp³-hybridized carbons (Fsp3) is 0.350. The monoisotopic (exact) mass is 352 g/mol. The van der Waals surface area contributed by atoms with E-state index in [1.54, 1.807) is 12.3 Å². The normalized spacial score (nSPS) is 20.1. The molecule has 2 heterocycles. The summed E-state index contributed by atoms with van der Waals surface area (Å²) >= 11 is 0. The third-order valence-corrected chi connectivity index (χ3v) is 4.83. The lowest BCUT2D eigenvalue weighted by molar-refractivity contribution is 0.0267. The van der Waals surface area contributed by atoms with Gasteiger partial charge in [0.25, 0.3) is 11.8 Å². The Labute approximate surface area is 153 Å². The minimum Gasteiger partial charge on any atom is -0.338 e. The van der Waals surface area contributed by atoms with Gasteiger partial charge in [-0.1, -0.05) is 24.8 Å². The van der Waals surface area contributed by atoms with Gasteiger partial charge in [0.1, 0.15) is 11.5 Å². The van der Waals surface area contributed by atoms with Crippen LogP contribution < -0.4 is 0 Å². The number of amides is 2. The molecule has 3 rings (SSSR count). The minimum atomic E-state index is -0.0765. The Balaban J connectivity index is 1.74. The Morgan fingerprint density at radius 3 is 2.19 bits per heavy atom. The molecule has 0 saturated carbocycles. The van der Waals surface area contributed by atoms with E-state index in [-0.39, 0.29) is 23.9 Å². The molecule has 1 saturated heterocycles. The van der Waals surface area contributed by atoms with Crippen LogP contribution >= 0.6 is 0 Å². The standard InChI is InChI=1S/C20H24N4O2/c1-5-16-6-8-17(9-7-16)19(25)23-11-14(3)24(12-13(23)2)20(26)18-10-21-15(4)22-18/h5-10,13-14H,1,11-12H2,2-4H3,(H,21,22). The molecular weight excluding hydrogens is 328 g/mol. The number of nitrogens with one attached hydrogen (secondary N) is 1. The van der Waals surface area contributed by atoms with Crippen LogP contribution in [0.1, 0.15) is 46.1 Å². The SMILES string of the molecule is C=Cc1ccc(C(=O)N2CC(C)N(C(=O)c3cnc(C)[nH]3)CC2C)cc1. The quantitative estimate of drug-likeness (QED) is 0.923. The third kappa shape index (κ3) is 3.40. The third-order valence-electron chi connectivity index (χ3n) is 4.83. The van der Waals surface area contributed by atoms with Gasteiger partial charge in [-0.05, 0) is 38.5 Å². The molecule has 0 spiro atoms. The number of rotatable bonds is 3. The highest BCUT2D eigenvalue weighted by Crippen LogP contribution is 2.20. The Bertz CT molecular complexity index is 825. The summed E-state index contributed by atoms with van der Waals surface area (Å²) < 4.78 is 0. The maximum atomic E-state index is 12.9. The molecule has 1 fully saturated rings. The van der Waals surface area contributed by atoms with Crippen molar-refractivity contribution in [3.63, 3.8) is 0 Å². The summed E-state index contributed by atoms with van der Waals surface area (Å²) in [6, 6.07) is 7.27. The number of carbonyl (C=O) groups is 2. The highest BCUT2D eigenvalue weighted by atomic mass is 16.2. The summed E-state index contributed by atoms with van der Waals surface area (Å²) in [5.41, 5.74) is 2.12. The van der Waals surface area contributed by atoms with E-state index in [1.165, 1.54) is 0 Å². The fourth-order valence-corrected chi connectivity index (χ4v) is 3.30. The van der Waals surface area contributed by atoms with Crippen LogP contribution in [0.25, 0.3) is 6.08 Å². The zero-order valence-corrected chi connectivity index (χ0v) is 15.4. The second-order valence-electron chi connectivity index (χ2n) is 6.82. The van der Waals surface area contributed by atoms with Crippen molar-refractivity contribution >= 4 is 17.9 Å². The van der Waals surface area contributed by atoms with Crippen molar-refractivity contribution in [2.45, 2.75) is 32.9 Å². The number of aryl methyl sites for hydroxylation is 1. The van der Waals surface area contributed by atoms with E-state index in [0.29, 0.717) is 30.2 Å². The lowest BCUT2D eigenvalue weighted by Gasteiger charge is -2.44. The molecule has 136 valence electrons. The van der Waals surface area contributed by atoms with Gasteiger partial charge >= 0.3 is 0 Å². The topological polar surface area (TPSA) is 69.3 Å². The Morgan fingerprint density at radius 2 is 1.69 bits per heavy atom. The average Bonchev–Trinajstić information content (AvgIpc) is 3.08. The number of aromatic amines is 1. The number of aromatic nitrogens is 2. The minimum absolute atomic E-state index is 0.00977. The zero-order valence-electron chi connectivity index (χ0n) is 15.4. The van der Waals surface area contributed by atoms with E-state index in [0.717, 1.165) is 5.56 Å². The molecule has 2 unspecified atom stereocenters. The van der Waals surface area contributed by atoms with E-state index >= 15 is 0 Å². The van der Waals surface area contributed by atoms with Crippen molar-refractivity contribution in [1.82, 2.24) is 19.8 Å². The van der Waals surface area contributed by atoms with Crippen LogP contribution in [-0.2, 0) is 0 Å². The zero-order chi connectivity index (χ0) is 18.8. The summed E-state index contributed by atoms with van der Waals surface area (Å²) in [5.74, 6) is 0.627. The number of carbonyl (C=O) groups excluding carboxylic acids is 2. The van der Waals surface area contributed by atoms with E-state index in [1.807, 2.05) is 54.8 Å². The van der Waals surface area contributed by atoms with Crippen LogP contribution in [-0.4, -0.2) is 56.8 Å². The Morgan fingerprint density at radius 1 is 1.12 bits per heavy atom. The first-order valence-corrected chi connectivity index (χ1v) is 8.76. The van der Waals surface area contributed by atoms with Gasteiger partial charge in [-0.3, -0.25) is 9.59 Å². The van der Waals surface area contributed by atoms with Crippen molar-refractivity contribution in [3.8, 4) is 0 Å². The predicted octanol–water partition coefficient (Wildman–Crippen LogP) is 2.74. The predicted molar refractivity (Wildman–Crippen MR) is 101 cm³/mol. The first-order valence-electron chi connectivity index (χ1n) is 8.76. The van der Waals surface area contributed by atoms with Crippen molar-refractivity contribution in [2.75, 3.05) is 13.1 Å². The van der Waals surface area contributed by atoms with Crippen molar-refractivity contribution in [1.29, 1.82) is 0 Å². The van der Waals surface area contributed by atoms with Crippen molar-refractivity contribution < 1.29 is 9.59 Å². The molecule has 2 aromatic rings. The molecule has 1 aromatic carbocycles. The largest absolute Gasteiger partial charge is 0.338 e. The second-order valence-corrected chi connectivity index (χ2v) is 6.82. The molecule has 6 nitrogen and oxygen atoms in total. The summed E-state index contributed by atoms with van der Waals surface area (Å²) in [6.45, 7) is 10.5. The van der Waals surface area contributed by atoms with Gasteiger partial charge in [-0.15, -0.1) is 0 Å². The van der Waals surface area contributed by atoms with Crippen LogP contribution in [0, 0.1) is 6.92 Å². The van der Waals surface area contributed by atoms with Gasteiger partial charge < -0.3 is 14.8 Å². The first kappa shape index (κ1) is 17.9. The molecule has 26 heavy (non-hydrogen) atoms. The molecular formula is C20H24N4O2. The van der Waals surface area contributed by atoms with E-state index in [4.69, 9.17) is 0 Å². The first-order chi connectivity index (χ1) is 12.4. The summed E-state index contributed by atoms with van der Waals surface area (Å²) in [4.78, 5) is 36.4. The molecule has 2 amide bonds. The maximum Gasteiger partial charge on any atom is 0.272 e. The molecule has 1 aliphatic rings. The van der Waals surface area contributed by atoms with Gasteiger partial charge in [0, 0.05) is 30.7 Å².